The first kappa shape index (κ1) is 9.74. The molecule has 0 bridgehead atoms. The summed E-state index contributed by atoms with van der Waals surface area (Å²) in [6, 6.07) is 0.917. The maximum Gasteiger partial charge on any atom is 0.0314 e. The lowest BCUT2D eigenvalue weighted by molar-refractivity contribution is 0.0899. The van der Waals surface area contributed by atoms with Crippen LogP contribution in [0, 0.1) is 5.92 Å². The van der Waals surface area contributed by atoms with Gasteiger partial charge in [-0.3, -0.25) is 0 Å². The van der Waals surface area contributed by atoms with Crippen LogP contribution in [0.4, 0.5) is 0 Å². The Hall–Kier alpha value is -0.460. The number of piperidine rings is 1. The van der Waals surface area contributed by atoms with Crippen molar-refractivity contribution >= 4 is 0 Å². The molecule has 0 spiro atoms. The van der Waals surface area contributed by atoms with Crippen LogP contribution in [0.25, 0.3) is 0 Å². The first-order chi connectivity index (χ1) is 7.36. The van der Waals surface area contributed by atoms with E-state index in [0.29, 0.717) is 0 Å². The van der Waals surface area contributed by atoms with Gasteiger partial charge in [-0.05, 0) is 51.4 Å². The second kappa shape index (κ2) is 3.84. The van der Waals surface area contributed by atoms with Gasteiger partial charge in [-0.2, -0.15) is 0 Å². The highest BCUT2D eigenvalue weighted by Crippen LogP contribution is 2.40. The number of nitrogens with zero attached hydrogens (tertiary/aromatic N) is 1. The molecule has 2 atom stereocenters. The van der Waals surface area contributed by atoms with Crippen molar-refractivity contribution in [2.24, 2.45) is 5.92 Å². The Bertz CT molecular complexity index is 271. The quantitative estimate of drug-likeness (QED) is 0.631. The van der Waals surface area contributed by atoms with Gasteiger partial charge in [-0.15, -0.1) is 0 Å². The van der Waals surface area contributed by atoms with Crippen molar-refractivity contribution in [3.8, 4) is 0 Å². The van der Waals surface area contributed by atoms with E-state index in [1.165, 1.54) is 57.9 Å². The van der Waals surface area contributed by atoms with E-state index in [0.717, 1.165) is 12.0 Å². The highest BCUT2D eigenvalue weighted by Gasteiger charge is 2.34. The molecule has 3 rings (SSSR count). The standard InChI is InChI=1S/C14H23N/c1-11(12-8-9-12)15-10-4-6-13-5-2-3-7-14(13)15/h13-14H,2-10H2,1H3. The zero-order chi connectivity index (χ0) is 10.3. The molecule has 15 heavy (non-hydrogen) atoms. The minimum atomic E-state index is 0.917. The Morgan fingerprint density at radius 2 is 1.80 bits per heavy atom. The third kappa shape index (κ3) is 1.81. The van der Waals surface area contributed by atoms with Crippen LogP contribution in [-0.4, -0.2) is 17.5 Å². The molecule has 3 fully saturated rings. The predicted octanol–water partition coefficient (Wildman–Crippen LogP) is 3.71. The van der Waals surface area contributed by atoms with Gasteiger partial charge in [-0.25, -0.2) is 0 Å². The van der Waals surface area contributed by atoms with Crippen molar-refractivity contribution in [2.75, 3.05) is 6.54 Å². The molecule has 1 heterocycles. The fourth-order valence-electron chi connectivity index (χ4n) is 3.67. The molecule has 1 aliphatic heterocycles. The molecule has 0 aromatic carbocycles. The minimum absolute atomic E-state index is 0.917. The van der Waals surface area contributed by atoms with Gasteiger partial charge in [0.25, 0.3) is 0 Å². The predicted molar refractivity (Wildman–Crippen MR) is 63.6 cm³/mol. The van der Waals surface area contributed by atoms with Gasteiger partial charge < -0.3 is 4.90 Å². The van der Waals surface area contributed by atoms with Crippen molar-refractivity contribution in [3.63, 3.8) is 0 Å². The van der Waals surface area contributed by atoms with Crippen LogP contribution in [-0.2, 0) is 0 Å². The van der Waals surface area contributed by atoms with Crippen LogP contribution in [0.3, 0.4) is 0 Å². The third-order valence-electron chi connectivity index (χ3n) is 4.69. The van der Waals surface area contributed by atoms with E-state index < -0.39 is 0 Å². The number of hydrogen-bond donors (Lipinski definition) is 0. The third-order valence-corrected chi connectivity index (χ3v) is 4.69. The van der Waals surface area contributed by atoms with Crippen molar-refractivity contribution in [3.05, 3.63) is 11.3 Å². The lowest BCUT2D eigenvalue weighted by atomic mass is 9.78. The van der Waals surface area contributed by atoms with Crippen molar-refractivity contribution in [1.29, 1.82) is 0 Å². The summed E-state index contributed by atoms with van der Waals surface area (Å²) in [4.78, 5) is 2.77. The molecular weight excluding hydrogens is 182 g/mol. The Kier molecular flexibility index (Phi) is 2.50. The van der Waals surface area contributed by atoms with Gasteiger partial charge in [0.2, 0.25) is 0 Å². The summed E-state index contributed by atoms with van der Waals surface area (Å²) in [5.74, 6) is 1.03. The van der Waals surface area contributed by atoms with E-state index in [9.17, 15) is 0 Å². The van der Waals surface area contributed by atoms with Crippen LogP contribution in [0.5, 0.6) is 0 Å². The summed E-state index contributed by atoms with van der Waals surface area (Å²) in [5, 5.41) is 0. The van der Waals surface area contributed by atoms with Crippen LogP contribution in [0.15, 0.2) is 11.3 Å². The molecule has 0 aromatic heterocycles. The normalized spacial score (nSPS) is 35.0. The molecule has 0 N–H and O–H groups in total. The average Bonchev–Trinajstić information content (AvgIpc) is 3.11. The fourth-order valence-corrected chi connectivity index (χ4v) is 3.67. The van der Waals surface area contributed by atoms with Crippen LogP contribution in [0.1, 0.15) is 58.3 Å². The van der Waals surface area contributed by atoms with Crippen molar-refractivity contribution in [1.82, 2.24) is 4.90 Å². The van der Waals surface area contributed by atoms with E-state index in [1.54, 1.807) is 11.3 Å². The first-order valence-corrected chi connectivity index (χ1v) is 6.81. The van der Waals surface area contributed by atoms with Crippen LogP contribution in [0.2, 0.25) is 0 Å². The summed E-state index contributed by atoms with van der Waals surface area (Å²) in [5.41, 5.74) is 3.41. The monoisotopic (exact) mass is 205 g/mol. The molecule has 1 heteroatoms. The number of hydrogen-bond acceptors (Lipinski definition) is 1. The topological polar surface area (TPSA) is 3.24 Å². The zero-order valence-electron chi connectivity index (χ0n) is 9.97. The molecule has 1 saturated heterocycles. The lowest BCUT2D eigenvalue weighted by Crippen LogP contribution is -2.45. The first-order valence-electron chi connectivity index (χ1n) is 6.81. The van der Waals surface area contributed by atoms with Crippen molar-refractivity contribution in [2.45, 2.75) is 64.3 Å². The Morgan fingerprint density at radius 3 is 2.60 bits per heavy atom. The summed E-state index contributed by atoms with van der Waals surface area (Å²) in [6.45, 7) is 3.72. The Balaban J connectivity index is 1.78. The summed E-state index contributed by atoms with van der Waals surface area (Å²) in [7, 11) is 0. The molecule has 3 aliphatic rings. The number of likely N-dealkylation sites (tertiary alicyclic amines) is 1. The number of rotatable bonds is 1. The molecule has 2 aliphatic carbocycles. The van der Waals surface area contributed by atoms with Crippen molar-refractivity contribution < 1.29 is 0 Å². The van der Waals surface area contributed by atoms with Gasteiger partial charge in [-0.1, -0.05) is 18.4 Å². The Labute approximate surface area is 93.5 Å². The van der Waals surface area contributed by atoms with E-state index in [-0.39, 0.29) is 0 Å². The van der Waals surface area contributed by atoms with E-state index in [1.807, 2.05) is 0 Å². The van der Waals surface area contributed by atoms with Crippen LogP contribution >= 0.6 is 0 Å². The molecule has 2 unspecified atom stereocenters. The highest BCUT2D eigenvalue weighted by molar-refractivity contribution is 5.24. The van der Waals surface area contributed by atoms with E-state index in [4.69, 9.17) is 0 Å². The van der Waals surface area contributed by atoms with E-state index >= 15 is 0 Å². The van der Waals surface area contributed by atoms with Gasteiger partial charge in [0, 0.05) is 18.3 Å². The minimum Gasteiger partial charge on any atom is -0.372 e. The second-order valence-electron chi connectivity index (χ2n) is 5.64. The number of fused-ring (bicyclic) bond motifs is 1. The molecule has 0 radical (unpaired) electrons. The molecular formula is C14H23N. The lowest BCUT2D eigenvalue weighted by Gasteiger charge is -2.46. The van der Waals surface area contributed by atoms with Gasteiger partial charge in [0.05, 0.1) is 0 Å². The summed E-state index contributed by atoms with van der Waals surface area (Å²) < 4.78 is 0. The fraction of sp³-hybridized carbons (Fsp3) is 0.857. The molecule has 84 valence electrons. The number of allylic oxidation sites excluding steroid dienone is 2. The van der Waals surface area contributed by atoms with Gasteiger partial charge >= 0.3 is 0 Å². The molecule has 0 amide bonds. The average molecular weight is 205 g/mol. The summed E-state index contributed by atoms with van der Waals surface area (Å²) >= 11 is 0. The Morgan fingerprint density at radius 1 is 1.07 bits per heavy atom. The van der Waals surface area contributed by atoms with E-state index in [2.05, 4.69) is 11.8 Å². The molecule has 2 saturated carbocycles. The van der Waals surface area contributed by atoms with Gasteiger partial charge in [0.1, 0.15) is 0 Å². The SMILES string of the molecule is CC(=C1CC1)N1CCCC2CCCCC21. The molecule has 0 aromatic rings. The molecule has 1 nitrogen and oxygen atoms in total. The maximum absolute atomic E-state index is 2.77. The maximum atomic E-state index is 2.77. The highest BCUT2D eigenvalue weighted by atomic mass is 15.2. The largest absolute Gasteiger partial charge is 0.372 e. The zero-order valence-corrected chi connectivity index (χ0v) is 9.97. The second-order valence-corrected chi connectivity index (χ2v) is 5.64. The summed E-state index contributed by atoms with van der Waals surface area (Å²) in [6.07, 6.45) is 11.7. The van der Waals surface area contributed by atoms with Crippen LogP contribution < -0.4 is 0 Å². The van der Waals surface area contributed by atoms with Gasteiger partial charge in [0.15, 0.2) is 0 Å². The smallest absolute Gasteiger partial charge is 0.0314 e.